The maximum Gasteiger partial charge on any atom is 0.573 e. The molecule has 4 aromatic rings. The molecule has 8 heteroatoms. The van der Waals surface area contributed by atoms with Crippen LogP contribution in [0.2, 0.25) is 0 Å². The summed E-state index contributed by atoms with van der Waals surface area (Å²) in [4.78, 5) is 0. The molecule has 0 aliphatic carbocycles. The van der Waals surface area contributed by atoms with Crippen LogP contribution in [0.4, 0.5) is 26.3 Å². The topological polar surface area (TPSA) is 18.5 Å². The zero-order valence-corrected chi connectivity index (χ0v) is 18.0. The van der Waals surface area contributed by atoms with Crippen molar-refractivity contribution in [3.05, 3.63) is 108 Å². The third kappa shape index (κ3) is 7.02. The van der Waals surface area contributed by atoms with E-state index in [2.05, 4.69) is 9.47 Å². The predicted molar refractivity (Wildman–Crippen MR) is 120 cm³/mol. The summed E-state index contributed by atoms with van der Waals surface area (Å²) in [6.45, 7) is 0. The molecule has 0 fully saturated rings. The Labute approximate surface area is 197 Å². The molecule has 0 atom stereocenters. The average molecular weight is 488 g/mol. The smallest absolute Gasteiger partial charge is 0.406 e. The maximum absolute atomic E-state index is 12.3. The molecule has 0 spiro atoms. The summed E-state index contributed by atoms with van der Waals surface area (Å²) in [7, 11) is 0. The molecule has 0 saturated carbocycles. The SMILES string of the molecule is FC(F)(F)Oc1ccc(-c2ccc(Cc3ccc(-c4ccc(OC(F)(F)F)cc4)cc3)cc2)cc1. The van der Waals surface area contributed by atoms with Crippen LogP contribution >= 0.6 is 0 Å². The minimum atomic E-state index is -4.72. The summed E-state index contributed by atoms with van der Waals surface area (Å²) in [6.07, 6.45) is -8.79. The summed E-state index contributed by atoms with van der Waals surface area (Å²) in [6, 6.07) is 26.7. The number of rotatable bonds is 6. The van der Waals surface area contributed by atoms with Crippen molar-refractivity contribution in [2.45, 2.75) is 19.1 Å². The van der Waals surface area contributed by atoms with Gasteiger partial charge in [-0.05, 0) is 64.1 Å². The normalized spacial score (nSPS) is 11.8. The first-order valence-electron chi connectivity index (χ1n) is 10.4. The molecule has 0 unspecified atom stereocenters. The van der Waals surface area contributed by atoms with E-state index < -0.39 is 12.7 Å². The predicted octanol–water partition coefficient (Wildman–Crippen LogP) is 8.41. The van der Waals surface area contributed by atoms with E-state index in [4.69, 9.17) is 0 Å². The Kier molecular flexibility index (Phi) is 6.73. The molecule has 4 rings (SSSR count). The summed E-state index contributed by atoms with van der Waals surface area (Å²) >= 11 is 0. The van der Waals surface area contributed by atoms with Crippen molar-refractivity contribution in [2.24, 2.45) is 0 Å². The van der Waals surface area contributed by atoms with Crippen LogP contribution in [0.25, 0.3) is 22.3 Å². The third-order valence-electron chi connectivity index (χ3n) is 5.16. The Bertz CT molecular complexity index is 1140. The van der Waals surface area contributed by atoms with Gasteiger partial charge in [-0.15, -0.1) is 26.3 Å². The van der Waals surface area contributed by atoms with Crippen LogP contribution in [0, 0.1) is 0 Å². The molecule has 180 valence electrons. The van der Waals surface area contributed by atoms with Crippen LogP contribution in [0.5, 0.6) is 11.5 Å². The van der Waals surface area contributed by atoms with E-state index in [0.29, 0.717) is 6.42 Å². The van der Waals surface area contributed by atoms with Crippen molar-refractivity contribution >= 4 is 0 Å². The summed E-state index contributed by atoms with van der Waals surface area (Å²) in [5.74, 6) is -0.543. The van der Waals surface area contributed by atoms with E-state index in [9.17, 15) is 26.3 Å². The lowest BCUT2D eigenvalue weighted by atomic mass is 9.98. The summed E-state index contributed by atoms with van der Waals surface area (Å²) in [5, 5.41) is 0. The van der Waals surface area contributed by atoms with Gasteiger partial charge in [-0.3, -0.25) is 0 Å². The van der Waals surface area contributed by atoms with Gasteiger partial charge in [0.1, 0.15) is 11.5 Å². The Morgan fingerprint density at radius 3 is 0.914 bits per heavy atom. The molecule has 0 aliphatic heterocycles. The van der Waals surface area contributed by atoms with Crippen LogP contribution in [0.3, 0.4) is 0 Å². The van der Waals surface area contributed by atoms with E-state index >= 15 is 0 Å². The van der Waals surface area contributed by atoms with Gasteiger partial charge in [0.2, 0.25) is 0 Å². The zero-order valence-electron chi connectivity index (χ0n) is 18.0. The van der Waals surface area contributed by atoms with Gasteiger partial charge in [-0.25, -0.2) is 0 Å². The number of ether oxygens (including phenoxy) is 2. The van der Waals surface area contributed by atoms with Gasteiger partial charge < -0.3 is 9.47 Å². The molecule has 2 nitrogen and oxygen atoms in total. The molecule has 4 aromatic carbocycles. The zero-order chi connectivity index (χ0) is 25.1. The van der Waals surface area contributed by atoms with Gasteiger partial charge in [-0.2, -0.15) is 0 Å². The molecule has 35 heavy (non-hydrogen) atoms. The van der Waals surface area contributed by atoms with Crippen molar-refractivity contribution in [2.75, 3.05) is 0 Å². The van der Waals surface area contributed by atoms with Crippen molar-refractivity contribution in [1.82, 2.24) is 0 Å². The van der Waals surface area contributed by atoms with Crippen LogP contribution in [-0.4, -0.2) is 12.7 Å². The second-order valence-corrected chi connectivity index (χ2v) is 7.71. The molecule has 0 N–H and O–H groups in total. The third-order valence-corrected chi connectivity index (χ3v) is 5.16. The minimum Gasteiger partial charge on any atom is -0.406 e. The van der Waals surface area contributed by atoms with Gasteiger partial charge >= 0.3 is 12.7 Å². The Morgan fingerprint density at radius 2 is 0.657 bits per heavy atom. The second kappa shape index (κ2) is 9.74. The molecule has 0 bridgehead atoms. The van der Waals surface area contributed by atoms with Crippen LogP contribution < -0.4 is 9.47 Å². The van der Waals surface area contributed by atoms with Gasteiger partial charge in [-0.1, -0.05) is 72.8 Å². The molecule has 0 aliphatic rings. The van der Waals surface area contributed by atoms with E-state index in [1.54, 1.807) is 24.3 Å². The number of benzene rings is 4. The Hall–Kier alpha value is -3.94. The molecular weight excluding hydrogens is 470 g/mol. The Balaban J connectivity index is 1.38. The van der Waals surface area contributed by atoms with Gasteiger partial charge in [0.15, 0.2) is 0 Å². The molecular formula is C27H18F6O2. The van der Waals surface area contributed by atoms with Crippen molar-refractivity contribution in [1.29, 1.82) is 0 Å². The highest BCUT2D eigenvalue weighted by molar-refractivity contribution is 5.65. The fourth-order valence-corrected chi connectivity index (χ4v) is 3.56. The highest BCUT2D eigenvalue weighted by Crippen LogP contribution is 2.29. The first-order chi connectivity index (χ1) is 16.5. The fraction of sp³-hybridized carbons (Fsp3) is 0.111. The number of halogens is 6. The van der Waals surface area contributed by atoms with E-state index in [0.717, 1.165) is 33.4 Å². The maximum atomic E-state index is 12.3. The summed E-state index contributed by atoms with van der Waals surface area (Å²) < 4.78 is 81.6. The number of alkyl halides is 6. The van der Waals surface area contributed by atoms with Crippen molar-refractivity contribution in [3.63, 3.8) is 0 Å². The van der Waals surface area contributed by atoms with Crippen LogP contribution in [0.1, 0.15) is 11.1 Å². The second-order valence-electron chi connectivity index (χ2n) is 7.71. The lowest BCUT2D eigenvalue weighted by molar-refractivity contribution is -0.275. The monoisotopic (exact) mass is 488 g/mol. The van der Waals surface area contributed by atoms with Crippen LogP contribution in [0.15, 0.2) is 97.1 Å². The van der Waals surface area contributed by atoms with Crippen molar-refractivity contribution in [3.8, 4) is 33.8 Å². The first-order valence-corrected chi connectivity index (χ1v) is 10.4. The van der Waals surface area contributed by atoms with Gasteiger partial charge in [0.05, 0.1) is 0 Å². The largest absolute Gasteiger partial charge is 0.573 e. The van der Waals surface area contributed by atoms with E-state index in [1.165, 1.54) is 24.3 Å². The first kappa shape index (κ1) is 24.2. The van der Waals surface area contributed by atoms with Gasteiger partial charge in [0.25, 0.3) is 0 Å². The Morgan fingerprint density at radius 1 is 0.400 bits per heavy atom. The molecule has 0 saturated heterocycles. The molecule has 0 amide bonds. The number of hydrogen-bond donors (Lipinski definition) is 0. The van der Waals surface area contributed by atoms with Crippen LogP contribution in [-0.2, 0) is 6.42 Å². The van der Waals surface area contributed by atoms with E-state index in [-0.39, 0.29) is 11.5 Å². The lowest BCUT2D eigenvalue weighted by Crippen LogP contribution is -2.16. The molecule has 0 radical (unpaired) electrons. The highest BCUT2D eigenvalue weighted by atomic mass is 19.4. The molecule has 0 heterocycles. The average Bonchev–Trinajstić information content (AvgIpc) is 2.79. The van der Waals surface area contributed by atoms with Gasteiger partial charge in [0, 0.05) is 0 Å². The quantitative estimate of drug-likeness (QED) is 0.254. The number of hydrogen-bond acceptors (Lipinski definition) is 2. The fourth-order valence-electron chi connectivity index (χ4n) is 3.56. The highest BCUT2D eigenvalue weighted by Gasteiger charge is 2.31. The lowest BCUT2D eigenvalue weighted by Gasteiger charge is -2.10. The van der Waals surface area contributed by atoms with Crippen molar-refractivity contribution < 1.29 is 35.8 Å². The summed E-state index contributed by atoms with van der Waals surface area (Å²) in [5.41, 5.74) is 5.35. The minimum absolute atomic E-state index is 0.271. The standard InChI is InChI=1S/C27H18F6O2/c28-26(29,30)34-24-13-9-22(10-14-24)20-5-1-18(2-6-20)17-19-3-7-21(8-4-19)23-11-15-25(16-12-23)35-27(31,32)33/h1-16H,17H2. The van der Waals surface area contributed by atoms with E-state index in [1.807, 2.05) is 48.5 Å². The molecule has 0 aromatic heterocycles.